The molecule has 2 rings (SSSR count). The van der Waals surface area contributed by atoms with E-state index in [-0.39, 0.29) is 11.1 Å². The summed E-state index contributed by atoms with van der Waals surface area (Å²) in [7, 11) is 1.40. The molecule has 0 spiro atoms. The summed E-state index contributed by atoms with van der Waals surface area (Å²) in [5.41, 5.74) is -0.143. The lowest BCUT2D eigenvalue weighted by molar-refractivity contribution is 0.103. The van der Waals surface area contributed by atoms with Crippen molar-refractivity contribution in [2.24, 2.45) is 0 Å². The Labute approximate surface area is 117 Å². The van der Waals surface area contributed by atoms with Gasteiger partial charge in [-0.2, -0.15) is 0 Å². The summed E-state index contributed by atoms with van der Waals surface area (Å²) >= 11 is 3.24. The van der Waals surface area contributed by atoms with Gasteiger partial charge in [0.2, 0.25) is 0 Å². The predicted octanol–water partition coefficient (Wildman–Crippen LogP) is 3.97. The SMILES string of the molecule is COc1cc(Br)ccc1C(=O)c1cc(F)ccc1F. The summed E-state index contributed by atoms with van der Waals surface area (Å²) in [5, 5.41) is 0. The zero-order chi connectivity index (χ0) is 14.0. The molecule has 19 heavy (non-hydrogen) atoms. The van der Waals surface area contributed by atoms with Crippen LogP contribution in [0, 0.1) is 11.6 Å². The van der Waals surface area contributed by atoms with Crippen LogP contribution in [-0.4, -0.2) is 12.9 Å². The average Bonchev–Trinajstić information content (AvgIpc) is 2.40. The zero-order valence-electron chi connectivity index (χ0n) is 9.91. The molecule has 0 unspecified atom stereocenters. The first-order valence-corrected chi connectivity index (χ1v) is 6.15. The molecule has 0 atom stereocenters. The molecule has 0 saturated heterocycles. The van der Waals surface area contributed by atoms with Gasteiger partial charge in [-0.05, 0) is 36.4 Å². The molecule has 0 heterocycles. The topological polar surface area (TPSA) is 26.3 Å². The van der Waals surface area contributed by atoms with Gasteiger partial charge < -0.3 is 4.74 Å². The Morgan fingerprint density at radius 1 is 1.11 bits per heavy atom. The first-order valence-electron chi connectivity index (χ1n) is 5.36. The van der Waals surface area contributed by atoms with Crippen molar-refractivity contribution in [2.45, 2.75) is 0 Å². The minimum atomic E-state index is -0.767. The molecule has 0 bridgehead atoms. The maximum absolute atomic E-state index is 13.6. The number of rotatable bonds is 3. The number of hydrogen-bond donors (Lipinski definition) is 0. The van der Waals surface area contributed by atoms with E-state index in [0.717, 1.165) is 22.7 Å². The first kappa shape index (κ1) is 13.7. The van der Waals surface area contributed by atoms with Crippen LogP contribution in [0.25, 0.3) is 0 Å². The van der Waals surface area contributed by atoms with Gasteiger partial charge in [0.15, 0.2) is 5.78 Å². The van der Waals surface area contributed by atoms with Gasteiger partial charge in [-0.25, -0.2) is 8.78 Å². The number of ether oxygens (including phenoxy) is 1. The van der Waals surface area contributed by atoms with Crippen LogP contribution in [0.2, 0.25) is 0 Å². The van der Waals surface area contributed by atoms with Crippen molar-refractivity contribution < 1.29 is 18.3 Å². The molecule has 0 amide bonds. The van der Waals surface area contributed by atoms with Crippen LogP contribution in [0.3, 0.4) is 0 Å². The predicted molar refractivity (Wildman–Crippen MR) is 70.5 cm³/mol. The van der Waals surface area contributed by atoms with E-state index in [4.69, 9.17) is 4.74 Å². The van der Waals surface area contributed by atoms with Crippen molar-refractivity contribution in [3.8, 4) is 5.75 Å². The van der Waals surface area contributed by atoms with E-state index in [1.165, 1.54) is 13.2 Å². The highest BCUT2D eigenvalue weighted by molar-refractivity contribution is 9.10. The van der Waals surface area contributed by atoms with E-state index < -0.39 is 17.4 Å². The molecular weight excluding hydrogens is 318 g/mol. The maximum atomic E-state index is 13.6. The molecule has 98 valence electrons. The summed E-state index contributed by atoms with van der Waals surface area (Å²) < 4.78 is 32.5. The molecular formula is C14H9BrF2O2. The van der Waals surface area contributed by atoms with Crippen molar-refractivity contribution in [2.75, 3.05) is 7.11 Å². The fraction of sp³-hybridized carbons (Fsp3) is 0.0714. The van der Waals surface area contributed by atoms with Crippen LogP contribution in [-0.2, 0) is 0 Å². The van der Waals surface area contributed by atoms with Gasteiger partial charge in [-0.15, -0.1) is 0 Å². The molecule has 0 aliphatic heterocycles. The van der Waals surface area contributed by atoms with Gasteiger partial charge >= 0.3 is 0 Å². The molecule has 0 radical (unpaired) electrons. The summed E-state index contributed by atoms with van der Waals surface area (Å²) in [6.07, 6.45) is 0. The molecule has 2 aromatic carbocycles. The number of carbonyl (C=O) groups excluding carboxylic acids is 1. The molecule has 0 aromatic heterocycles. The molecule has 2 nitrogen and oxygen atoms in total. The van der Waals surface area contributed by atoms with Crippen molar-refractivity contribution >= 4 is 21.7 Å². The standard InChI is InChI=1S/C14H9BrF2O2/c1-19-13-6-8(15)2-4-10(13)14(18)11-7-9(16)3-5-12(11)17/h2-7H,1H3. The molecule has 0 aliphatic rings. The largest absolute Gasteiger partial charge is 0.496 e. The summed E-state index contributed by atoms with van der Waals surface area (Å²) in [6, 6.07) is 7.48. The maximum Gasteiger partial charge on any atom is 0.199 e. The lowest BCUT2D eigenvalue weighted by atomic mass is 10.0. The molecule has 0 N–H and O–H groups in total. The number of methoxy groups -OCH3 is 1. The number of halogens is 3. The van der Waals surface area contributed by atoms with Crippen molar-refractivity contribution in [3.05, 3.63) is 63.6 Å². The molecule has 0 fully saturated rings. The van der Waals surface area contributed by atoms with Gasteiger partial charge in [-0.3, -0.25) is 4.79 Å². The third-order valence-corrected chi connectivity index (χ3v) is 3.07. The monoisotopic (exact) mass is 326 g/mol. The summed E-state index contributed by atoms with van der Waals surface area (Å²) in [4.78, 5) is 12.2. The molecule has 0 saturated carbocycles. The van der Waals surface area contributed by atoms with Crippen molar-refractivity contribution in [3.63, 3.8) is 0 Å². The Balaban J connectivity index is 2.53. The van der Waals surface area contributed by atoms with E-state index in [0.29, 0.717) is 5.75 Å². The van der Waals surface area contributed by atoms with E-state index in [2.05, 4.69) is 15.9 Å². The number of carbonyl (C=O) groups is 1. The highest BCUT2D eigenvalue weighted by atomic mass is 79.9. The highest BCUT2D eigenvalue weighted by Gasteiger charge is 2.18. The van der Waals surface area contributed by atoms with Crippen molar-refractivity contribution in [1.82, 2.24) is 0 Å². The Morgan fingerprint density at radius 3 is 2.53 bits per heavy atom. The molecule has 5 heteroatoms. The third kappa shape index (κ3) is 2.81. The van der Waals surface area contributed by atoms with Gasteiger partial charge in [0, 0.05) is 4.47 Å². The summed E-state index contributed by atoms with van der Waals surface area (Å²) in [5.74, 6) is -1.76. The van der Waals surface area contributed by atoms with Crippen LogP contribution >= 0.6 is 15.9 Å². The lowest BCUT2D eigenvalue weighted by Gasteiger charge is -2.08. The zero-order valence-corrected chi connectivity index (χ0v) is 11.5. The quantitative estimate of drug-likeness (QED) is 0.798. The Morgan fingerprint density at radius 2 is 1.84 bits per heavy atom. The van der Waals surface area contributed by atoms with Crippen molar-refractivity contribution in [1.29, 1.82) is 0 Å². The number of benzene rings is 2. The van der Waals surface area contributed by atoms with E-state index in [1.54, 1.807) is 12.1 Å². The fourth-order valence-corrected chi connectivity index (χ4v) is 2.01. The van der Waals surface area contributed by atoms with Crippen LogP contribution in [0.1, 0.15) is 15.9 Å². The summed E-state index contributed by atoms with van der Waals surface area (Å²) in [6.45, 7) is 0. The second kappa shape index (κ2) is 5.48. The second-order valence-corrected chi connectivity index (χ2v) is 4.71. The number of hydrogen-bond acceptors (Lipinski definition) is 2. The second-order valence-electron chi connectivity index (χ2n) is 3.80. The van der Waals surface area contributed by atoms with Gasteiger partial charge in [-0.1, -0.05) is 15.9 Å². The van der Waals surface area contributed by atoms with E-state index in [9.17, 15) is 13.6 Å². The van der Waals surface area contributed by atoms with Gasteiger partial charge in [0.1, 0.15) is 17.4 Å². The van der Waals surface area contributed by atoms with Crippen LogP contribution in [0.4, 0.5) is 8.78 Å². The Hall–Kier alpha value is -1.75. The molecule has 2 aromatic rings. The van der Waals surface area contributed by atoms with Crippen LogP contribution < -0.4 is 4.74 Å². The Kier molecular flexibility index (Phi) is 3.95. The van der Waals surface area contributed by atoms with Crippen LogP contribution in [0.15, 0.2) is 40.9 Å². The third-order valence-electron chi connectivity index (χ3n) is 2.58. The molecule has 0 aliphatic carbocycles. The van der Waals surface area contributed by atoms with Gasteiger partial charge in [0.25, 0.3) is 0 Å². The average molecular weight is 327 g/mol. The Bertz CT molecular complexity index is 641. The minimum absolute atomic E-state index is 0.176. The van der Waals surface area contributed by atoms with Gasteiger partial charge in [0.05, 0.1) is 18.2 Å². The van der Waals surface area contributed by atoms with Crippen LogP contribution in [0.5, 0.6) is 5.75 Å². The van der Waals surface area contributed by atoms with E-state index in [1.807, 2.05) is 0 Å². The van der Waals surface area contributed by atoms with E-state index >= 15 is 0 Å². The fourth-order valence-electron chi connectivity index (χ4n) is 1.67. The smallest absolute Gasteiger partial charge is 0.199 e. The lowest BCUT2D eigenvalue weighted by Crippen LogP contribution is -2.07. The number of ketones is 1. The normalized spacial score (nSPS) is 10.3. The minimum Gasteiger partial charge on any atom is -0.496 e. The first-order chi connectivity index (χ1) is 9.02. The highest BCUT2D eigenvalue weighted by Crippen LogP contribution is 2.26.